The number of morpholine rings is 1. The Labute approximate surface area is 244 Å². The molecule has 1 saturated carbocycles. The SMILES string of the molecule is CCCn1c2c(c(=O)n(C3CC3)c1=O)CC(c1ccc(N(CCN3CCOCC3)C(=O)NCc3ccccc3)nc1)=N2. The predicted octanol–water partition coefficient (Wildman–Crippen LogP) is 2.88. The van der Waals surface area contributed by atoms with E-state index >= 15 is 0 Å². The Bertz CT molecular complexity index is 1570. The number of ether oxygens (including phenoxy) is 1. The van der Waals surface area contributed by atoms with Crippen LogP contribution in [-0.4, -0.2) is 70.2 Å². The van der Waals surface area contributed by atoms with Crippen LogP contribution in [0.2, 0.25) is 0 Å². The van der Waals surface area contributed by atoms with Crippen molar-refractivity contribution in [2.75, 3.05) is 44.3 Å². The second-order valence-corrected chi connectivity index (χ2v) is 11.0. The molecule has 6 rings (SSSR count). The number of rotatable bonds is 10. The first-order valence-corrected chi connectivity index (χ1v) is 14.8. The molecule has 4 heterocycles. The van der Waals surface area contributed by atoms with Crippen molar-refractivity contribution in [2.45, 2.75) is 51.7 Å². The standard InChI is InChI=1S/C31H37N7O4/c1-2-12-37-28-25(29(39)38(31(37)41)24-9-10-24)19-26(34-28)23-8-11-27(32-21-23)36(14-13-35-15-17-42-18-16-35)30(40)33-20-22-6-4-3-5-7-22/h3-8,11,21,24H,2,9-10,12-20H2,1H3,(H,33,40). The molecular weight excluding hydrogens is 534 g/mol. The maximum Gasteiger partial charge on any atom is 0.332 e. The predicted molar refractivity (Wildman–Crippen MR) is 161 cm³/mol. The van der Waals surface area contributed by atoms with E-state index < -0.39 is 0 Å². The zero-order valence-electron chi connectivity index (χ0n) is 24.0. The molecule has 11 nitrogen and oxygen atoms in total. The largest absolute Gasteiger partial charge is 0.379 e. The van der Waals surface area contributed by atoms with E-state index in [1.165, 1.54) is 4.57 Å². The molecule has 1 aromatic carbocycles. The highest BCUT2D eigenvalue weighted by Crippen LogP contribution is 2.34. The Morgan fingerprint density at radius 1 is 1.07 bits per heavy atom. The molecule has 0 spiro atoms. The minimum absolute atomic E-state index is 0.000103. The topological polar surface area (TPSA) is 114 Å². The second kappa shape index (κ2) is 12.4. The molecule has 0 radical (unpaired) electrons. The van der Waals surface area contributed by atoms with Crippen LogP contribution in [0.25, 0.3) is 0 Å². The van der Waals surface area contributed by atoms with E-state index in [4.69, 9.17) is 9.73 Å². The average Bonchev–Trinajstić information content (AvgIpc) is 3.76. The number of carbonyl (C=O) groups is 1. The van der Waals surface area contributed by atoms with Crippen LogP contribution in [0.1, 0.15) is 48.9 Å². The summed E-state index contributed by atoms with van der Waals surface area (Å²) in [6.07, 6.45) is 4.54. The van der Waals surface area contributed by atoms with E-state index in [0.717, 1.165) is 43.5 Å². The van der Waals surface area contributed by atoms with Gasteiger partial charge in [-0.1, -0.05) is 37.3 Å². The minimum atomic E-state index is -0.265. The van der Waals surface area contributed by atoms with Crippen LogP contribution in [0.4, 0.5) is 16.4 Å². The highest BCUT2D eigenvalue weighted by atomic mass is 16.5. The van der Waals surface area contributed by atoms with Crippen molar-refractivity contribution >= 4 is 23.4 Å². The zero-order valence-corrected chi connectivity index (χ0v) is 24.0. The number of anilines is 1. The molecule has 11 heteroatoms. The molecule has 1 saturated heterocycles. The summed E-state index contributed by atoms with van der Waals surface area (Å²) in [7, 11) is 0. The van der Waals surface area contributed by atoms with Crippen LogP contribution in [0.15, 0.2) is 63.2 Å². The van der Waals surface area contributed by atoms with Crippen molar-refractivity contribution in [1.82, 2.24) is 24.3 Å². The number of carbonyl (C=O) groups excluding carboxylic acids is 1. The first-order chi connectivity index (χ1) is 20.5. The van der Waals surface area contributed by atoms with Gasteiger partial charge < -0.3 is 10.1 Å². The molecule has 2 aliphatic heterocycles. The van der Waals surface area contributed by atoms with Gasteiger partial charge in [-0.05, 0) is 37.0 Å². The summed E-state index contributed by atoms with van der Waals surface area (Å²) in [5.74, 6) is 1.00. The Morgan fingerprint density at radius 3 is 2.55 bits per heavy atom. The molecule has 3 aliphatic rings. The van der Waals surface area contributed by atoms with Crippen molar-refractivity contribution in [1.29, 1.82) is 0 Å². The number of aromatic nitrogens is 3. The number of nitrogens with one attached hydrogen (secondary N) is 1. The summed E-state index contributed by atoms with van der Waals surface area (Å²) in [4.78, 5) is 53.2. The van der Waals surface area contributed by atoms with E-state index in [9.17, 15) is 14.4 Å². The zero-order chi connectivity index (χ0) is 29.1. The third-order valence-corrected chi connectivity index (χ3v) is 8.02. The lowest BCUT2D eigenvalue weighted by Gasteiger charge is -2.29. The van der Waals surface area contributed by atoms with Crippen molar-refractivity contribution in [3.63, 3.8) is 0 Å². The van der Waals surface area contributed by atoms with Crippen LogP contribution < -0.4 is 21.5 Å². The van der Waals surface area contributed by atoms with Gasteiger partial charge in [-0.3, -0.25) is 23.7 Å². The molecule has 220 valence electrons. The third kappa shape index (κ3) is 5.93. The molecule has 42 heavy (non-hydrogen) atoms. The lowest BCUT2D eigenvalue weighted by Crippen LogP contribution is -2.46. The maximum atomic E-state index is 13.4. The van der Waals surface area contributed by atoms with E-state index in [1.807, 2.05) is 49.4 Å². The Hall–Kier alpha value is -4.09. The van der Waals surface area contributed by atoms with Crippen molar-refractivity contribution in [2.24, 2.45) is 4.99 Å². The van der Waals surface area contributed by atoms with Gasteiger partial charge in [-0.25, -0.2) is 19.6 Å². The molecule has 2 fully saturated rings. The molecule has 1 N–H and O–H groups in total. The second-order valence-electron chi connectivity index (χ2n) is 11.0. The molecule has 0 atom stereocenters. The molecule has 3 aromatic rings. The summed E-state index contributed by atoms with van der Waals surface area (Å²) >= 11 is 0. The first-order valence-electron chi connectivity index (χ1n) is 14.8. The summed E-state index contributed by atoms with van der Waals surface area (Å²) < 4.78 is 8.54. The van der Waals surface area contributed by atoms with Crippen LogP contribution in [0.3, 0.4) is 0 Å². The molecule has 0 bridgehead atoms. The van der Waals surface area contributed by atoms with Gasteiger partial charge in [0.2, 0.25) is 0 Å². The number of fused-ring (bicyclic) bond motifs is 1. The van der Waals surface area contributed by atoms with E-state index in [1.54, 1.807) is 15.7 Å². The quantitative estimate of drug-likeness (QED) is 0.400. The molecule has 2 amide bonds. The fourth-order valence-corrected chi connectivity index (χ4v) is 5.55. The van der Waals surface area contributed by atoms with Gasteiger partial charge in [-0.2, -0.15) is 0 Å². The van der Waals surface area contributed by atoms with Crippen LogP contribution in [-0.2, 0) is 24.2 Å². The van der Waals surface area contributed by atoms with Crippen LogP contribution in [0.5, 0.6) is 0 Å². The van der Waals surface area contributed by atoms with Crippen molar-refractivity contribution < 1.29 is 9.53 Å². The summed E-state index contributed by atoms with van der Waals surface area (Å²) in [6.45, 7) is 7.16. The number of aliphatic imine (C=N–C) groups is 1. The van der Waals surface area contributed by atoms with Gasteiger partial charge in [0.1, 0.15) is 11.6 Å². The van der Waals surface area contributed by atoms with E-state index in [0.29, 0.717) is 68.7 Å². The van der Waals surface area contributed by atoms with Crippen molar-refractivity contribution in [3.8, 4) is 0 Å². The monoisotopic (exact) mass is 571 g/mol. The smallest absolute Gasteiger partial charge is 0.332 e. The maximum absolute atomic E-state index is 13.4. The normalized spacial score (nSPS) is 16.6. The number of hydrogen-bond acceptors (Lipinski definition) is 7. The summed E-state index contributed by atoms with van der Waals surface area (Å²) in [6, 6.07) is 13.3. The Morgan fingerprint density at radius 2 is 1.86 bits per heavy atom. The highest BCUT2D eigenvalue weighted by Gasteiger charge is 2.33. The van der Waals surface area contributed by atoms with Gasteiger partial charge in [0.25, 0.3) is 5.56 Å². The van der Waals surface area contributed by atoms with Gasteiger partial charge in [0.05, 0.1) is 24.5 Å². The lowest BCUT2D eigenvalue weighted by atomic mass is 10.1. The Balaban J connectivity index is 1.23. The van der Waals surface area contributed by atoms with E-state index in [2.05, 4.69) is 15.2 Å². The molecule has 2 aromatic heterocycles. The first kappa shape index (κ1) is 28.0. The van der Waals surface area contributed by atoms with Gasteiger partial charge in [0, 0.05) is 63.5 Å². The van der Waals surface area contributed by atoms with Gasteiger partial charge >= 0.3 is 11.7 Å². The fraction of sp³-hybridized carbons (Fsp3) is 0.452. The Kier molecular flexibility index (Phi) is 8.29. The number of urea groups is 1. The fourth-order valence-electron chi connectivity index (χ4n) is 5.55. The molecule has 0 unspecified atom stereocenters. The third-order valence-electron chi connectivity index (χ3n) is 8.02. The van der Waals surface area contributed by atoms with Crippen LogP contribution in [0, 0.1) is 0 Å². The number of nitrogens with zero attached hydrogens (tertiary/aromatic N) is 6. The number of pyridine rings is 1. The number of benzene rings is 1. The van der Waals surface area contributed by atoms with Crippen LogP contribution >= 0.6 is 0 Å². The van der Waals surface area contributed by atoms with E-state index in [-0.39, 0.29) is 23.3 Å². The van der Waals surface area contributed by atoms with Crippen molar-refractivity contribution in [3.05, 3.63) is 86.2 Å². The molecule has 1 aliphatic carbocycles. The highest BCUT2D eigenvalue weighted by molar-refractivity contribution is 6.06. The minimum Gasteiger partial charge on any atom is -0.379 e. The van der Waals surface area contributed by atoms with Gasteiger partial charge in [-0.15, -0.1) is 0 Å². The summed E-state index contributed by atoms with van der Waals surface area (Å²) in [5, 5.41) is 3.03. The van der Waals surface area contributed by atoms with Gasteiger partial charge in [0.15, 0.2) is 0 Å². The number of amides is 2. The molecular formula is C31H37N7O4. The summed E-state index contributed by atoms with van der Waals surface area (Å²) in [5.41, 5.74) is 2.56. The average molecular weight is 572 g/mol. The number of hydrogen-bond donors (Lipinski definition) is 1. The lowest BCUT2D eigenvalue weighted by molar-refractivity contribution is 0.0393.